The van der Waals surface area contributed by atoms with E-state index in [0.29, 0.717) is 11.8 Å². The fourth-order valence-corrected chi connectivity index (χ4v) is 5.14. The first-order chi connectivity index (χ1) is 13.8. The third-order valence-electron chi connectivity index (χ3n) is 7.10. The topological polar surface area (TPSA) is 29.1 Å². The highest BCUT2D eigenvalue weighted by atomic mass is 16.1. The highest BCUT2D eigenvalue weighted by Gasteiger charge is 2.46. The van der Waals surface area contributed by atoms with Crippen molar-refractivity contribution in [3.05, 3.63) is 35.5 Å². The molecule has 29 heavy (non-hydrogen) atoms. The minimum absolute atomic E-state index is 0.0854. The van der Waals surface area contributed by atoms with Crippen molar-refractivity contribution in [2.24, 2.45) is 11.8 Å². The molecule has 2 aliphatic rings. The van der Waals surface area contributed by atoms with Crippen LogP contribution in [0.25, 0.3) is 0 Å². The van der Waals surface area contributed by atoms with Crippen LogP contribution < -0.4 is 5.32 Å². The van der Waals surface area contributed by atoms with E-state index in [4.69, 9.17) is 0 Å². The standard InChI is InChI=1S/C26H44N2O/c1-21(2)10-8-11-22(3)12-9-13-23(4)15-16-26(29)27-20-24-17-19-28(5)18-7-6-14-25(24)28/h10,12,15-16,23-25H,6-9,11,13-14,17-20H2,1-5H3/p+1/b16-15+,22-12+/t23-,24-,25+,28-/m0/s1. The van der Waals surface area contributed by atoms with Crippen molar-refractivity contribution in [2.75, 3.05) is 26.7 Å². The van der Waals surface area contributed by atoms with Gasteiger partial charge >= 0.3 is 0 Å². The molecular formula is C26H45N2O+. The Morgan fingerprint density at radius 2 is 1.90 bits per heavy atom. The zero-order valence-electron chi connectivity index (χ0n) is 19.7. The molecule has 4 atom stereocenters. The molecule has 0 aliphatic carbocycles. The Balaban J connectivity index is 1.65. The summed E-state index contributed by atoms with van der Waals surface area (Å²) in [6.45, 7) is 12.2. The fourth-order valence-electron chi connectivity index (χ4n) is 5.14. The van der Waals surface area contributed by atoms with Gasteiger partial charge in [-0.25, -0.2) is 0 Å². The number of allylic oxidation sites excluding steroid dienone is 5. The second-order valence-electron chi connectivity index (χ2n) is 10.1. The van der Waals surface area contributed by atoms with E-state index < -0.39 is 0 Å². The molecule has 2 fully saturated rings. The fraction of sp³-hybridized carbons (Fsp3) is 0.731. The van der Waals surface area contributed by atoms with Crippen LogP contribution in [0.1, 0.15) is 79.1 Å². The van der Waals surface area contributed by atoms with Crippen LogP contribution in [0.4, 0.5) is 0 Å². The monoisotopic (exact) mass is 401 g/mol. The largest absolute Gasteiger partial charge is 0.352 e. The number of rotatable bonds is 10. The summed E-state index contributed by atoms with van der Waals surface area (Å²) in [5.41, 5.74) is 2.87. The second kappa shape index (κ2) is 11.7. The molecule has 3 nitrogen and oxygen atoms in total. The van der Waals surface area contributed by atoms with Crippen LogP contribution in [0.2, 0.25) is 0 Å². The summed E-state index contributed by atoms with van der Waals surface area (Å²) in [5, 5.41) is 3.18. The van der Waals surface area contributed by atoms with E-state index in [0.717, 1.165) is 38.3 Å². The molecule has 0 bridgehead atoms. The molecule has 1 N–H and O–H groups in total. The first kappa shape index (κ1) is 23.9. The van der Waals surface area contributed by atoms with Crippen molar-refractivity contribution >= 4 is 5.91 Å². The van der Waals surface area contributed by atoms with E-state index in [2.05, 4.69) is 58.3 Å². The summed E-state index contributed by atoms with van der Waals surface area (Å²) < 4.78 is 1.24. The maximum absolute atomic E-state index is 12.3. The zero-order chi connectivity index (χ0) is 21.3. The van der Waals surface area contributed by atoms with Crippen molar-refractivity contribution < 1.29 is 9.28 Å². The average Bonchev–Trinajstić information content (AvgIpc) is 3.01. The number of hydrogen-bond acceptors (Lipinski definition) is 1. The van der Waals surface area contributed by atoms with Gasteiger partial charge < -0.3 is 9.80 Å². The molecule has 2 saturated heterocycles. The van der Waals surface area contributed by atoms with Crippen molar-refractivity contribution in [3.8, 4) is 0 Å². The highest BCUT2D eigenvalue weighted by Crippen LogP contribution is 2.36. The van der Waals surface area contributed by atoms with Crippen molar-refractivity contribution in [1.82, 2.24) is 5.32 Å². The highest BCUT2D eigenvalue weighted by molar-refractivity contribution is 5.87. The smallest absolute Gasteiger partial charge is 0.243 e. The maximum atomic E-state index is 12.3. The number of piperidine rings is 1. The minimum atomic E-state index is 0.0854. The normalized spacial score (nSPS) is 28.2. The van der Waals surface area contributed by atoms with Gasteiger partial charge in [-0.2, -0.15) is 0 Å². The van der Waals surface area contributed by atoms with Gasteiger partial charge in [0.15, 0.2) is 0 Å². The van der Waals surface area contributed by atoms with Gasteiger partial charge in [0.2, 0.25) is 5.91 Å². The number of hydrogen-bond donors (Lipinski definition) is 1. The molecule has 3 heteroatoms. The molecule has 2 aliphatic heterocycles. The molecule has 0 aromatic heterocycles. The molecule has 0 aromatic carbocycles. The summed E-state index contributed by atoms with van der Waals surface area (Å²) in [6.07, 6.45) is 18.3. The van der Waals surface area contributed by atoms with Gasteiger partial charge in [0.1, 0.15) is 0 Å². The third kappa shape index (κ3) is 8.12. The van der Waals surface area contributed by atoms with E-state index in [-0.39, 0.29) is 5.91 Å². The number of fused-ring (bicyclic) bond motifs is 1. The van der Waals surface area contributed by atoms with Gasteiger partial charge in [-0.05, 0) is 71.3 Å². The zero-order valence-corrected chi connectivity index (χ0v) is 19.7. The first-order valence-electron chi connectivity index (χ1n) is 11.9. The summed E-state index contributed by atoms with van der Waals surface area (Å²) in [6, 6.07) is 0.763. The van der Waals surface area contributed by atoms with Crippen LogP contribution in [0, 0.1) is 11.8 Å². The van der Waals surface area contributed by atoms with E-state index >= 15 is 0 Å². The molecular weight excluding hydrogens is 356 g/mol. The predicted octanol–water partition coefficient (Wildman–Crippen LogP) is 5.79. The quantitative estimate of drug-likeness (QED) is 0.280. The summed E-state index contributed by atoms with van der Waals surface area (Å²) >= 11 is 0. The Morgan fingerprint density at radius 3 is 2.66 bits per heavy atom. The van der Waals surface area contributed by atoms with Gasteiger partial charge in [-0.15, -0.1) is 0 Å². The lowest BCUT2D eigenvalue weighted by atomic mass is 9.92. The second-order valence-corrected chi connectivity index (χ2v) is 10.1. The minimum Gasteiger partial charge on any atom is -0.352 e. The van der Waals surface area contributed by atoms with Crippen molar-refractivity contribution in [3.63, 3.8) is 0 Å². The molecule has 2 rings (SSSR count). The van der Waals surface area contributed by atoms with E-state index in [1.54, 1.807) is 6.08 Å². The first-order valence-corrected chi connectivity index (χ1v) is 11.9. The molecule has 0 aromatic rings. The molecule has 0 spiro atoms. The summed E-state index contributed by atoms with van der Waals surface area (Å²) in [5.74, 6) is 1.18. The Hall–Kier alpha value is -1.35. The van der Waals surface area contributed by atoms with Crippen LogP contribution >= 0.6 is 0 Å². The average molecular weight is 402 g/mol. The molecule has 0 saturated carbocycles. The molecule has 2 heterocycles. The van der Waals surface area contributed by atoms with Gasteiger partial charge in [-0.3, -0.25) is 4.79 Å². The third-order valence-corrected chi connectivity index (χ3v) is 7.10. The Bertz CT molecular complexity index is 614. The van der Waals surface area contributed by atoms with E-state index in [1.165, 1.54) is 54.4 Å². The summed E-state index contributed by atoms with van der Waals surface area (Å²) in [4.78, 5) is 12.3. The van der Waals surface area contributed by atoms with Gasteiger partial charge in [0.25, 0.3) is 0 Å². The lowest BCUT2D eigenvalue weighted by Gasteiger charge is -2.41. The SMILES string of the molecule is CC(C)=CCC/C(C)=C/CC[C@H](C)/C=C/C(=O)NC[C@@H]1CC[N@+]2(C)CCCC[C@H]12. The van der Waals surface area contributed by atoms with Crippen LogP contribution in [-0.4, -0.2) is 43.1 Å². The number of nitrogens with zero attached hydrogens (tertiary/aromatic N) is 1. The Kier molecular flexibility index (Phi) is 9.68. The maximum Gasteiger partial charge on any atom is 0.243 e. The van der Waals surface area contributed by atoms with E-state index in [1.807, 2.05) is 0 Å². The van der Waals surface area contributed by atoms with Crippen LogP contribution in [0.5, 0.6) is 0 Å². The molecule has 0 radical (unpaired) electrons. The molecule has 0 unspecified atom stereocenters. The Labute approximate surface area is 179 Å². The van der Waals surface area contributed by atoms with Crippen LogP contribution in [0.3, 0.4) is 0 Å². The number of amides is 1. The lowest BCUT2D eigenvalue weighted by molar-refractivity contribution is -0.927. The summed E-state index contributed by atoms with van der Waals surface area (Å²) in [7, 11) is 2.42. The number of nitrogens with one attached hydrogen (secondary N) is 1. The number of carbonyl (C=O) groups is 1. The number of carbonyl (C=O) groups excluding carboxylic acids is 1. The van der Waals surface area contributed by atoms with Crippen molar-refractivity contribution in [1.29, 1.82) is 0 Å². The number of quaternary nitrogens is 1. The molecule has 1 amide bonds. The van der Waals surface area contributed by atoms with Crippen LogP contribution in [-0.2, 0) is 4.79 Å². The lowest BCUT2D eigenvalue weighted by Crippen LogP contribution is -2.53. The van der Waals surface area contributed by atoms with Crippen LogP contribution in [0.15, 0.2) is 35.5 Å². The van der Waals surface area contributed by atoms with Gasteiger partial charge in [-0.1, -0.05) is 36.3 Å². The molecule has 164 valence electrons. The Morgan fingerprint density at radius 1 is 1.10 bits per heavy atom. The van der Waals surface area contributed by atoms with Gasteiger partial charge in [0, 0.05) is 25.3 Å². The van der Waals surface area contributed by atoms with Crippen molar-refractivity contribution in [2.45, 2.75) is 85.1 Å². The van der Waals surface area contributed by atoms with E-state index in [9.17, 15) is 4.79 Å². The van der Waals surface area contributed by atoms with Gasteiger partial charge in [0.05, 0.1) is 26.2 Å². The predicted molar refractivity (Wildman–Crippen MR) is 125 cm³/mol.